The van der Waals surface area contributed by atoms with Crippen LogP contribution in [-0.2, 0) is 6.42 Å². The van der Waals surface area contributed by atoms with Gasteiger partial charge in [0.2, 0.25) is 0 Å². The van der Waals surface area contributed by atoms with Crippen molar-refractivity contribution in [2.24, 2.45) is 5.73 Å². The molecular weight excluding hydrogens is 150 g/mol. The molecular formula is C10H15NO. The van der Waals surface area contributed by atoms with Gasteiger partial charge in [0, 0.05) is 0 Å². The molecule has 0 aliphatic carbocycles. The summed E-state index contributed by atoms with van der Waals surface area (Å²) in [4.78, 5) is 0. The number of nitrogens with two attached hydrogens (primary N) is 1. The molecule has 3 N–H and O–H groups in total. The van der Waals surface area contributed by atoms with Crippen molar-refractivity contribution in [3.8, 4) is 0 Å². The standard InChI is InChI=1S/C10H15NO/c1-8-4-2-3-5-9(8)6-7-10(11)12/h2-5,10,12H,6-7,11H2,1H3. The molecule has 2 nitrogen and oxygen atoms in total. The van der Waals surface area contributed by atoms with Crippen LogP contribution in [0.5, 0.6) is 0 Å². The molecule has 2 heteroatoms. The van der Waals surface area contributed by atoms with E-state index < -0.39 is 6.23 Å². The first-order valence-electron chi connectivity index (χ1n) is 4.18. The lowest BCUT2D eigenvalue weighted by molar-refractivity contribution is 0.172. The van der Waals surface area contributed by atoms with Gasteiger partial charge in [0.25, 0.3) is 0 Å². The van der Waals surface area contributed by atoms with Gasteiger partial charge in [-0.25, -0.2) is 0 Å². The number of benzene rings is 1. The normalized spacial score (nSPS) is 12.9. The molecule has 0 bridgehead atoms. The number of hydrogen-bond acceptors (Lipinski definition) is 2. The molecule has 66 valence electrons. The quantitative estimate of drug-likeness (QED) is 0.661. The first-order valence-corrected chi connectivity index (χ1v) is 4.18. The fourth-order valence-electron chi connectivity index (χ4n) is 1.19. The van der Waals surface area contributed by atoms with E-state index in [1.807, 2.05) is 12.1 Å². The molecule has 12 heavy (non-hydrogen) atoms. The Morgan fingerprint density at radius 3 is 2.67 bits per heavy atom. The summed E-state index contributed by atoms with van der Waals surface area (Å²) in [5.74, 6) is 0. The van der Waals surface area contributed by atoms with Crippen LogP contribution >= 0.6 is 0 Å². The van der Waals surface area contributed by atoms with Crippen LogP contribution in [0, 0.1) is 6.92 Å². The second kappa shape index (κ2) is 4.24. The zero-order valence-electron chi connectivity index (χ0n) is 7.33. The maximum atomic E-state index is 8.88. The average Bonchev–Trinajstić information content (AvgIpc) is 2.03. The van der Waals surface area contributed by atoms with Crippen LogP contribution in [0.1, 0.15) is 17.5 Å². The Morgan fingerprint density at radius 1 is 1.42 bits per heavy atom. The molecule has 0 saturated heterocycles. The summed E-state index contributed by atoms with van der Waals surface area (Å²) in [5.41, 5.74) is 7.77. The summed E-state index contributed by atoms with van der Waals surface area (Å²) >= 11 is 0. The molecule has 0 spiro atoms. The van der Waals surface area contributed by atoms with Crippen molar-refractivity contribution < 1.29 is 5.11 Å². The van der Waals surface area contributed by atoms with E-state index in [-0.39, 0.29) is 0 Å². The predicted octanol–water partition coefficient (Wildman–Crippen LogP) is 1.20. The van der Waals surface area contributed by atoms with E-state index in [9.17, 15) is 0 Å². The van der Waals surface area contributed by atoms with E-state index in [2.05, 4.69) is 19.1 Å². The van der Waals surface area contributed by atoms with Crippen molar-refractivity contribution >= 4 is 0 Å². The van der Waals surface area contributed by atoms with Gasteiger partial charge in [0.15, 0.2) is 0 Å². The average molecular weight is 165 g/mol. The third-order valence-corrected chi connectivity index (χ3v) is 1.97. The van der Waals surface area contributed by atoms with Crippen molar-refractivity contribution in [3.05, 3.63) is 35.4 Å². The molecule has 0 aliphatic heterocycles. The highest BCUT2D eigenvalue weighted by atomic mass is 16.3. The number of aryl methyl sites for hydroxylation is 2. The van der Waals surface area contributed by atoms with Crippen molar-refractivity contribution in [3.63, 3.8) is 0 Å². The fourth-order valence-corrected chi connectivity index (χ4v) is 1.19. The molecule has 0 saturated carbocycles. The maximum absolute atomic E-state index is 8.88. The molecule has 0 fully saturated rings. The molecule has 0 aromatic heterocycles. The van der Waals surface area contributed by atoms with Gasteiger partial charge in [0.1, 0.15) is 6.23 Å². The fraction of sp³-hybridized carbons (Fsp3) is 0.400. The first kappa shape index (κ1) is 9.23. The topological polar surface area (TPSA) is 46.2 Å². The number of aliphatic hydroxyl groups excluding tert-OH is 1. The Labute approximate surface area is 73.0 Å². The Bertz CT molecular complexity index is 245. The van der Waals surface area contributed by atoms with Crippen LogP contribution in [0.25, 0.3) is 0 Å². The monoisotopic (exact) mass is 165 g/mol. The van der Waals surface area contributed by atoms with Crippen LogP contribution in [0.3, 0.4) is 0 Å². The first-order chi connectivity index (χ1) is 5.70. The lowest BCUT2D eigenvalue weighted by atomic mass is 10.0. The van der Waals surface area contributed by atoms with E-state index in [1.165, 1.54) is 11.1 Å². The third kappa shape index (κ3) is 2.64. The number of rotatable bonds is 3. The van der Waals surface area contributed by atoms with Crippen molar-refractivity contribution in [1.29, 1.82) is 0 Å². The van der Waals surface area contributed by atoms with Gasteiger partial charge in [-0.2, -0.15) is 0 Å². The Morgan fingerprint density at radius 2 is 2.08 bits per heavy atom. The lowest BCUT2D eigenvalue weighted by Gasteiger charge is -2.06. The minimum atomic E-state index is -0.690. The molecule has 1 atom stereocenters. The summed E-state index contributed by atoms with van der Waals surface area (Å²) in [7, 11) is 0. The molecule has 1 unspecified atom stereocenters. The smallest absolute Gasteiger partial charge is 0.102 e. The van der Waals surface area contributed by atoms with Gasteiger partial charge in [-0.1, -0.05) is 24.3 Å². The maximum Gasteiger partial charge on any atom is 0.102 e. The lowest BCUT2D eigenvalue weighted by Crippen LogP contribution is -2.19. The van der Waals surface area contributed by atoms with Crippen molar-refractivity contribution in [2.45, 2.75) is 26.0 Å². The minimum Gasteiger partial charge on any atom is -0.379 e. The van der Waals surface area contributed by atoms with Crippen LogP contribution in [0.2, 0.25) is 0 Å². The summed E-state index contributed by atoms with van der Waals surface area (Å²) in [6, 6.07) is 8.15. The van der Waals surface area contributed by atoms with Gasteiger partial charge in [-0.15, -0.1) is 0 Å². The van der Waals surface area contributed by atoms with Crippen molar-refractivity contribution in [2.75, 3.05) is 0 Å². The van der Waals surface area contributed by atoms with Gasteiger partial charge in [-0.05, 0) is 30.9 Å². The summed E-state index contributed by atoms with van der Waals surface area (Å²) < 4.78 is 0. The largest absolute Gasteiger partial charge is 0.379 e. The molecule has 0 radical (unpaired) electrons. The van der Waals surface area contributed by atoms with Gasteiger partial charge < -0.3 is 10.8 Å². The van der Waals surface area contributed by atoms with E-state index >= 15 is 0 Å². The molecule has 0 aliphatic rings. The zero-order chi connectivity index (χ0) is 8.97. The van der Waals surface area contributed by atoms with Crippen LogP contribution in [-0.4, -0.2) is 11.3 Å². The van der Waals surface area contributed by atoms with Gasteiger partial charge in [-0.3, -0.25) is 0 Å². The summed E-state index contributed by atoms with van der Waals surface area (Å²) in [6.07, 6.45) is 0.791. The Balaban J connectivity index is 2.57. The van der Waals surface area contributed by atoms with Crippen LogP contribution in [0.4, 0.5) is 0 Å². The summed E-state index contributed by atoms with van der Waals surface area (Å²) in [6.45, 7) is 2.07. The number of aliphatic hydroxyl groups is 1. The third-order valence-electron chi connectivity index (χ3n) is 1.97. The molecule has 1 aromatic rings. The zero-order valence-corrected chi connectivity index (χ0v) is 7.33. The highest BCUT2D eigenvalue weighted by Crippen LogP contribution is 2.09. The Hall–Kier alpha value is -0.860. The second-order valence-electron chi connectivity index (χ2n) is 3.03. The highest BCUT2D eigenvalue weighted by molar-refractivity contribution is 5.25. The van der Waals surface area contributed by atoms with Crippen LogP contribution < -0.4 is 5.73 Å². The van der Waals surface area contributed by atoms with E-state index in [0.29, 0.717) is 6.42 Å². The van der Waals surface area contributed by atoms with Gasteiger partial charge in [0.05, 0.1) is 0 Å². The van der Waals surface area contributed by atoms with E-state index in [4.69, 9.17) is 10.8 Å². The Kier molecular flexibility index (Phi) is 3.26. The summed E-state index contributed by atoms with van der Waals surface area (Å²) in [5, 5.41) is 8.88. The SMILES string of the molecule is Cc1ccccc1CCC(N)O. The van der Waals surface area contributed by atoms with Crippen LogP contribution in [0.15, 0.2) is 24.3 Å². The highest BCUT2D eigenvalue weighted by Gasteiger charge is 1.99. The second-order valence-corrected chi connectivity index (χ2v) is 3.03. The molecule has 1 rings (SSSR count). The molecule has 0 amide bonds. The van der Waals surface area contributed by atoms with E-state index in [0.717, 1.165) is 6.42 Å². The minimum absolute atomic E-state index is 0.630. The number of hydrogen-bond donors (Lipinski definition) is 2. The van der Waals surface area contributed by atoms with Crippen molar-refractivity contribution in [1.82, 2.24) is 0 Å². The molecule has 1 aromatic carbocycles. The molecule has 0 heterocycles. The van der Waals surface area contributed by atoms with Gasteiger partial charge >= 0.3 is 0 Å². The predicted molar refractivity (Wildman–Crippen MR) is 49.7 cm³/mol. The van der Waals surface area contributed by atoms with E-state index in [1.54, 1.807) is 0 Å².